The number of rotatable bonds is 7. The Labute approximate surface area is 194 Å². The Kier molecular flexibility index (Phi) is 6.58. The minimum Gasteiger partial charge on any atom is -0.396 e. The van der Waals surface area contributed by atoms with Gasteiger partial charge in [-0.2, -0.15) is 4.98 Å². The number of nitrogens with one attached hydrogen (secondary N) is 1. The van der Waals surface area contributed by atoms with E-state index < -0.39 is 0 Å². The van der Waals surface area contributed by atoms with E-state index >= 15 is 0 Å². The molecule has 7 heteroatoms. The van der Waals surface area contributed by atoms with Crippen molar-refractivity contribution >= 4 is 28.4 Å². The fourth-order valence-corrected chi connectivity index (χ4v) is 5.36. The van der Waals surface area contributed by atoms with E-state index in [9.17, 15) is 4.79 Å². The fourth-order valence-electron chi connectivity index (χ4n) is 5.36. The molecule has 2 aliphatic rings. The van der Waals surface area contributed by atoms with E-state index in [2.05, 4.69) is 39.5 Å². The first-order valence-corrected chi connectivity index (χ1v) is 12.3. The molecule has 0 radical (unpaired) electrons. The Hall–Kier alpha value is -2.93. The molecule has 0 atom stereocenters. The highest BCUT2D eigenvalue weighted by molar-refractivity contribution is 5.76. The number of hydrogen-bond acceptors (Lipinski definition) is 6. The molecule has 5 rings (SSSR count). The smallest absolute Gasteiger partial charge is 0.252 e. The van der Waals surface area contributed by atoms with Crippen LogP contribution in [-0.4, -0.2) is 39.3 Å². The molecule has 1 aliphatic carbocycles. The summed E-state index contributed by atoms with van der Waals surface area (Å²) in [5.74, 6) is 1.25. The summed E-state index contributed by atoms with van der Waals surface area (Å²) in [5.41, 5.74) is 2.90. The predicted octanol–water partition coefficient (Wildman–Crippen LogP) is 4.64. The maximum Gasteiger partial charge on any atom is 0.252 e. The number of anilines is 3. The zero-order chi connectivity index (χ0) is 22.6. The normalized spacial score (nSPS) is 17.7. The third kappa shape index (κ3) is 4.88. The number of piperidine rings is 1. The van der Waals surface area contributed by atoms with Gasteiger partial charge in [0.25, 0.3) is 5.56 Å². The van der Waals surface area contributed by atoms with Crippen molar-refractivity contribution < 1.29 is 5.11 Å². The maximum atomic E-state index is 12.6. The number of hydrogen-bond donors (Lipinski definition) is 2. The summed E-state index contributed by atoms with van der Waals surface area (Å²) in [4.78, 5) is 24.3. The van der Waals surface area contributed by atoms with Gasteiger partial charge < -0.3 is 15.3 Å². The van der Waals surface area contributed by atoms with E-state index in [1.807, 2.05) is 10.6 Å². The number of fused-ring (bicyclic) bond motifs is 1. The Bertz CT molecular complexity index is 1130. The molecular weight excluding hydrogens is 414 g/mol. The van der Waals surface area contributed by atoms with Gasteiger partial charge in [0.15, 0.2) is 0 Å². The number of pyridine rings is 1. The maximum absolute atomic E-state index is 12.6. The van der Waals surface area contributed by atoms with Crippen LogP contribution < -0.4 is 15.8 Å². The largest absolute Gasteiger partial charge is 0.396 e. The fraction of sp³-hybridized carbons (Fsp3) is 0.500. The number of aliphatic hydroxyl groups excluding tert-OH is 1. The van der Waals surface area contributed by atoms with Crippen LogP contribution in [0, 0.1) is 5.92 Å². The summed E-state index contributed by atoms with van der Waals surface area (Å²) >= 11 is 0. The summed E-state index contributed by atoms with van der Waals surface area (Å²) in [6.45, 7) is 2.43. The van der Waals surface area contributed by atoms with Gasteiger partial charge >= 0.3 is 0 Å². The molecule has 2 N–H and O–H groups in total. The Morgan fingerprint density at radius 3 is 2.48 bits per heavy atom. The minimum absolute atomic E-state index is 0.0172. The van der Waals surface area contributed by atoms with Crippen molar-refractivity contribution in [1.29, 1.82) is 0 Å². The third-order valence-corrected chi connectivity index (χ3v) is 7.23. The molecule has 0 spiro atoms. The summed E-state index contributed by atoms with van der Waals surface area (Å²) in [6.07, 6.45) is 10.6. The molecule has 1 aromatic carbocycles. The quantitative estimate of drug-likeness (QED) is 0.549. The van der Waals surface area contributed by atoms with Gasteiger partial charge in [0, 0.05) is 54.8 Å². The van der Waals surface area contributed by atoms with Crippen LogP contribution in [0.4, 0.5) is 17.3 Å². The predicted molar refractivity (Wildman–Crippen MR) is 132 cm³/mol. The number of aromatic nitrogens is 3. The van der Waals surface area contributed by atoms with Crippen molar-refractivity contribution in [3.8, 4) is 0 Å². The number of nitrogens with zero attached hydrogens (tertiary/aromatic N) is 4. The summed E-state index contributed by atoms with van der Waals surface area (Å²) in [6, 6.07) is 12.1. The van der Waals surface area contributed by atoms with Crippen LogP contribution in [0.2, 0.25) is 0 Å². The molecule has 3 aromatic rings. The Balaban J connectivity index is 1.29. The van der Waals surface area contributed by atoms with E-state index in [4.69, 9.17) is 10.1 Å². The van der Waals surface area contributed by atoms with Crippen LogP contribution in [0.1, 0.15) is 57.4 Å². The van der Waals surface area contributed by atoms with E-state index in [-0.39, 0.29) is 11.6 Å². The highest BCUT2D eigenvalue weighted by atomic mass is 16.2. The first kappa shape index (κ1) is 21.9. The second-order valence-corrected chi connectivity index (χ2v) is 9.42. The molecule has 7 nitrogen and oxygen atoms in total. The lowest BCUT2D eigenvalue weighted by molar-refractivity contribution is 0.261. The average Bonchev–Trinajstić information content (AvgIpc) is 3.38. The van der Waals surface area contributed by atoms with Gasteiger partial charge in [-0.15, -0.1) is 0 Å². The number of aliphatic hydroxyl groups is 1. The van der Waals surface area contributed by atoms with Crippen molar-refractivity contribution in [3.63, 3.8) is 0 Å². The van der Waals surface area contributed by atoms with Crippen LogP contribution in [0.5, 0.6) is 0 Å². The number of benzene rings is 1. The second kappa shape index (κ2) is 9.91. The molecule has 33 heavy (non-hydrogen) atoms. The molecule has 1 aliphatic heterocycles. The van der Waals surface area contributed by atoms with Gasteiger partial charge in [0.1, 0.15) is 5.65 Å². The van der Waals surface area contributed by atoms with Gasteiger partial charge in [-0.3, -0.25) is 9.36 Å². The molecule has 3 heterocycles. The van der Waals surface area contributed by atoms with Gasteiger partial charge in [0.05, 0.1) is 0 Å². The lowest BCUT2D eigenvalue weighted by Gasteiger charge is -2.33. The highest BCUT2D eigenvalue weighted by Crippen LogP contribution is 2.31. The van der Waals surface area contributed by atoms with E-state index in [1.54, 1.807) is 12.3 Å². The van der Waals surface area contributed by atoms with E-state index in [1.165, 1.54) is 18.5 Å². The van der Waals surface area contributed by atoms with Crippen molar-refractivity contribution in [2.75, 3.05) is 29.9 Å². The molecule has 0 bridgehead atoms. The molecule has 0 unspecified atom stereocenters. The summed E-state index contributed by atoms with van der Waals surface area (Å²) in [7, 11) is 0. The summed E-state index contributed by atoms with van der Waals surface area (Å²) < 4.78 is 1.86. The van der Waals surface area contributed by atoms with Crippen molar-refractivity contribution in [2.24, 2.45) is 5.92 Å². The first-order valence-electron chi connectivity index (χ1n) is 12.3. The molecule has 2 fully saturated rings. The van der Waals surface area contributed by atoms with Crippen LogP contribution in [0.3, 0.4) is 0 Å². The average molecular weight is 448 g/mol. The lowest BCUT2D eigenvalue weighted by atomic mass is 9.92. The Morgan fingerprint density at radius 1 is 1.00 bits per heavy atom. The topological polar surface area (TPSA) is 83.3 Å². The minimum atomic E-state index is 0.0172. The first-order chi connectivity index (χ1) is 16.2. The third-order valence-electron chi connectivity index (χ3n) is 7.23. The molecular formula is C26H33N5O2. The van der Waals surface area contributed by atoms with Crippen LogP contribution in [0.25, 0.3) is 11.0 Å². The van der Waals surface area contributed by atoms with Crippen LogP contribution in [-0.2, 0) is 0 Å². The second-order valence-electron chi connectivity index (χ2n) is 9.42. The van der Waals surface area contributed by atoms with Crippen LogP contribution >= 0.6 is 0 Å². The Morgan fingerprint density at radius 2 is 1.76 bits per heavy atom. The van der Waals surface area contributed by atoms with Crippen molar-refractivity contribution in [1.82, 2.24) is 14.5 Å². The lowest BCUT2D eigenvalue weighted by Crippen LogP contribution is -2.33. The zero-order valence-electron chi connectivity index (χ0n) is 19.1. The standard InChI is InChI=1S/C26H33N5O2/c32-17-3-4-19-13-15-30(16-14-19)22-10-8-21(9-11-22)28-26-27-18-20-7-12-24(33)31(25(20)29-26)23-5-1-2-6-23/h7-12,18-19,23,32H,1-6,13-17H2,(H,27,28,29). The summed E-state index contributed by atoms with van der Waals surface area (Å²) in [5, 5.41) is 13.3. The van der Waals surface area contributed by atoms with Gasteiger partial charge in [-0.1, -0.05) is 12.8 Å². The van der Waals surface area contributed by atoms with E-state index in [0.29, 0.717) is 18.2 Å². The molecule has 2 aromatic heterocycles. The zero-order valence-corrected chi connectivity index (χ0v) is 19.1. The monoisotopic (exact) mass is 447 g/mol. The van der Waals surface area contributed by atoms with Gasteiger partial charge in [-0.25, -0.2) is 4.98 Å². The van der Waals surface area contributed by atoms with E-state index in [0.717, 1.165) is 68.6 Å². The van der Waals surface area contributed by atoms with Gasteiger partial charge in [0.2, 0.25) is 5.95 Å². The molecule has 174 valence electrons. The molecule has 1 saturated carbocycles. The van der Waals surface area contributed by atoms with Crippen molar-refractivity contribution in [2.45, 2.75) is 57.4 Å². The highest BCUT2D eigenvalue weighted by Gasteiger charge is 2.21. The van der Waals surface area contributed by atoms with Crippen LogP contribution in [0.15, 0.2) is 47.4 Å². The SMILES string of the molecule is O=c1ccc2cnc(Nc3ccc(N4CCC(CCCO)CC4)cc3)nc2n1C1CCCC1. The van der Waals surface area contributed by atoms with Crippen molar-refractivity contribution in [3.05, 3.63) is 52.9 Å². The molecule has 1 saturated heterocycles. The molecule has 0 amide bonds. The van der Waals surface area contributed by atoms with Gasteiger partial charge in [-0.05, 0) is 74.8 Å².